The van der Waals surface area contributed by atoms with Crippen LogP contribution in [0.4, 0.5) is 0 Å². The Kier molecular flexibility index (Phi) is 1.20. The van der Waals surface area contributed by atoms with E-state index >= 15 is 0 Å². The molecule has 1 heterocycles. The molecule has 1 aliphatic rings. The fourth-order valence-corrected chi connectivity index (χ4v) is 0.442. The average Bonchev–Trinajstić information content (AvgIpc) is 2.14. The number of carbonyl (C=O) groups excluding carboxylic acids is 1. The summed E-state index contributed by atoms with van der Waals surface area (Å²) in [7, 11) is 0. The van der Waals surface area contributed by atoms with E-state index in [-0.39, 0.29) is 5.91 Å². The van der Waals surface area contributed by atoms with Gasteiger partial charge in [0.25, 0.3) is 5.91 Å². The van der Waals surface area contributed by atoms with E-state index in [2.05, 4.69) is 17.2 Å². The Hall–Kier alpha value is -0.990. The second-order valence-electron chi connectivity index (χ2n) is 1.42. The first kappa shape index (κ1) is 5.15. The maximum absolute atomic E-state index is 10.4. The maximum atomic E-state index is 10.4. The summed E-state index contributed by atoms with van der Waals surface area (Å²) in [5, 5.41) is 6.63. The van der Waals surface area contributed by atoms with Gasteiger partial charge >= 0.3 is 0 Å². The summed E-state index contributed by atoms with van der Waals surface area (Å²) in [4.78, 5) is 10.4. The van der Waals surface area contributed by atoms with Crippen LogP contribution in [0.5, 0.6) is 0 Å². The van der Waals surface area contributed by atoms with Gasteiger partial charge in [-0.15, -0.1) is 5.11 Å². The van der Waals surface area contributed by atoms with Crippen LogP contribution in [0.3, 0.4) is 0 Å². The molecule has 1 aliphatic heterocycles. The molecule has 0 N–H and O–H groups in total. The van der Waals surface area contributed by atoms with E-state index in [1.54, 1.807) is 0 Å². The Balaban J connectivity index is 2.73. The van der Waals surface area contributed by atoms with E-state index in [0.29, 0.717) is 12.0 Å². The van der Waals surface area contributed by atoms with Crippen molar-refractivity contribution in [1.29, 1.82) is 0 Å². The van der Waals surface area contributed by atoms with Crippen LogP contribution < -0.4 is 0 Å². The number of amides is 1. The predicted octanol–water partition coefficient (Wildman–Crippen LogP) is 1.09. The van der Waals surface area contributed by atoms with Crippen molar-refractivity contribution >= 4 is 5.91 Å². The van der Waals surface area contributed by atoms with Gasteiger partial charge in [0, 0.05) is 5.57 Å². The van der Waals surface area contributed by atoms with Crippen LogP contribution >= 0.6 is 0 Å². The van der Waals surface area contributed by atoms with Crippen molar-refractivity contribution in [3.63, 3.8) is 0 Å². The van der Waals surface area contributed by atoms with Gasteiger partial charge in [0.15, 0.2) is 0 Å². The van der Waals surface area contributed by atoms with Crippen molar-refractivity contribution in [2.24, 2.45) is 10.2 Å². The number of hydrogen-bond acceptors (Lipinski definition) is 2. The monoisotopic (exact) mass is 109 g/mol. The first-order valence-electron chi connectivity index (χ1n) is 2.28. The third kappa shape index (κ3) is 0.665. The topological polar surface area (TPSA) is 41.8 Å². The minimum Gasteiger partial charge on any atom is -0.265 e. The molecule has 0 atom stereocenters. The minimum atomic E-state index is -0.250. The van der Waals surface area contributed by atoms with Gasteiger partial charge in [-0.1, -0.05) is 0 Å². The molecule has 0 aromatic heterocycles. The van der Waals surface area contributed by atoms with Crippen LogP contribution in [-0.4, -0.2) is 5.91 Å². The summed E-state index contributed by atoms with van der Waals surface area (Å²) in [6.07, 6.45) is 1.92. The third-order valence-corrected chi connectivity index (χ3v) is 0.906. The second kappa shape index (κ2) is 1.86. The molecule has 0 unspecified atom stereocenters. The zero-order valence-corrected chi connectivity index (χ0v) is 4.29. The number of nitrogens with zero attached hydrogens (tertiary/aromatic N) is 2. The Morgan fingerprint density at radius 3 is 2.75 bits per heavy atom. The summed E-state index contributed by atoms with van der Waals surface area (Å²) in [5.74, 6) is -0.250. The molecule has 3 nitrogen and oxygen atoms in total. The van der Waals surface area contributed by atoms with E-state index in [1.807, 2.05) is 0 Å². The highest BCUT2D eigenvalue weighted by Crippen LogP contribution is 2.08. The largest absolute Gasteiger partial charge is 0.292 e. The van der Waals surface area contributed by atoms with Gasteiger partial charge in [0.1, 0.15) is 0 Å². The van der Waals surface area contributed by atoms with Crippen molar-refractivity contribution in [2.45, 2.75) is 6.42 Å². The normalized spacial score (nSPS) is 17.1. The Labute approximate surface area is 47.1 Å². The van der Waals surface area contributed by atoms with Crippen LogP contribution in [0.2, 0.25) is 0 Å². The first-order chi connectivity index (χ1) is 3.84. The van der Waals surface area contributed by atoms with Gasteiger partial charge in [0.2, 0.25) is 0 Å². The lowest BCUT2D eigenvalue weighted by Crippen LogP contribution is -1.90. The summed E-state index contributed by atoms with van der Waals surface area (Å²) in [5.41, 5.74) is 0.588. The lowest BCUT2D eigenvalue weighted by Gasteiger charge is -1.83. The molecular formula is C5H5N2O. The zero-order chi connectivity index (χ0) is 5.98. The lowest BCUT2D eigenvalue weighted by atomic mass is 10.2. The first-order valence-corrected chi connectivity index (χ1v) is 2.28. The van der Waals surface area contributed by atoms with Gasteiger partial charge in [0.05, 0.1) is 6.20 Å². The van der Waals surface area contributed by atoms with Crippen molar-refractivity contribution < 1.29 is 4.79 Å². The van der Waals surface area contributed by atoms with Crippen molar-refractivity contribution in [3.8, 4) is 0 Å². The minimum absolute atomic E-state index is 0.250. The highest BCUT2D eigenvalue weighted by atomic mass is 16.2. The van der Waals surface area contributed by atoms with Gasteiger partial charge in [-0.3, -0.25) is 4.79 Å². The Morgan fingerprint density at radius 1 is 1.75 bits per heavy atom. The third-order valence-electron chi connectivity index (χ3n) is 0.906. The molecule has 0 aliphatic carbocycles. The van der Waals surface area contributed by atoms with Crippen LogP contribution in [0.1, 0.15) is 6.42 Å². The standard InChI is InChI=1S/C5H5N2O/c1-2-4-3-6-7-5(4)8/h3H,1-2H2. The molecule has 1 rings (SSSR count). The predicted molar refractivity (Wildman–Crippen MR) is 27.9 cm³/mol. The Bertz CT molecular complexity index is 169. The molecule has 0 aromatic carbocycles. The SMILES string of the molecule is [CH2]CC1=CN=NC1=O. The summed E-state index contributed by atoms with van der Waals surface area (Å²) in [6, 6.07) is 0. The van der Waals surface area contributed by atoms with Crippen LogP contribution in [0.25, 0.3) is 0 Å². The molecule has 41 valence electrons. The molecule has 3 heteroatoms. The fraction of sp³-hybridized carbons (Fsp3) is 0.200. The quantitative estimate of drug-likeness (QED) is 0.496. The maximum Gasteiger partial charge on any atom is 0.292 e. The van der Waals surface area contributed by atoms with Crippen LogP contribution in [0, 0.1) is 6.92 Å². The molecule has 0 aromatic rings. The fourth-order valence-electron chi connectivity index (χ4n) is 0.442. The molecule has 0 bridgehead atoms. The average molecular weight is 109 g/mol. The number of rotatable bonds is 1. The zero-order valence-electron chi connectivity index (χ0n) is 4.29. The smallest absolute Gasteiger partial charge is 0.265 e. The molecule has 8 heavy (non-hydrogen) atoms. The van der Waals surface area contributed by atoms with Crippen molar-refractivity contribution in [2.75, 3.05) is 0 Å². The molecular weight excluding hydrogens is 104 g/mol. The number of carbonyl (C=O) groups is 1. The lowest BCUT2D eigenvalue weighted by molar-refractivity contribution is -0.114. The summed E-state index contributed by atoms with van der Waals surface area (Å²) in [6.45, 7) is 3.51. The summed E-state index contributed by atoms with van der Waals surface area (Å²) >= 11 is 0. The second-order valence-corrected chi connectivity index (χ2v) is 1.42. The van der Waals surface area contributed by atoms with Gasteiger partial charge in [-0.25, -0.2) is 0 Å². The molecule has 0 saturated carbocycles. The molecule has 0 spiro atoms. The molecule has 1 radical (unpaired) electrons. The number of hydrogen-bond donors (Lipinski definition) is 0. The molecule has 1 amide bonds. The van der Waals surface area contributed by atoms with E-state index < -0.39 is 0 Å². The van der Waals surface area contributed by atoms with Gasteiger partial charge in [-0.05, 0) is 13.3 Å². The van der Waals surface area contributed by atoms with Gasteiger partial charge in [-0.2, -0.15) is 5.11 Å². The van der Waals surface area contributed by atoms with E-state index in [9.17, 15) is 4.79 Å². The molecule has 0 fully saturated rings. The van der Waals surface area contributed by atoms with Crippen LogP contribution in [0.15, 0.2) is 22.0 Å². The van der Waals surface area contributed by atoms with Crippen LogP contribution in [-0.2, 0) is 4.79 Å². The van der Waals surface area contributed by atoms with E-state index in [4.69, 9.17) is 0 Å². The summed E-state index contributed by atoms with van der Waals surface area (Å²) < 4.78 is 0. The van der Waals surface area contributed by atoms with Gasteiger partial charge < -0.3 is 0 Å². The highest BCUT2D eigenvalue weighted by Gasteiger charge is 2.08. The molecule has 0 saturated heterocycles. The Morgan fingerprint density at radius 2 is 2.50 bits per heavy atom. The highest BCUT2D eigenvalue weighted by molar-refractivity contribution is 5.95. The van der Waals surface area contributed by atoms with E-state index in [1.165, 1.54) is 6.20 Å². The van der Waals surface area contributed by atoms with Crippen molar-refractivity contribution in [3.05, 3.63) is 18.7 Å². The van der Waals surface area contributed by atoms with E-state index in [0.717, 1.165) is 0 Å². The van der Waals surface area contributed by atoms with Crippen molar-refractivity contribution in [1.82, 2.24) is 0 Å². The number of azo groups is 1.